The second-order valence-electron chi connectivity index (χ2n) is 6.37. The first-order valence-corrected chi connectivity index (χ1v) is 8.61. The maximum atomic E-state index is 11.6. The number of Topliss-reactive ketones (excluding diaryl/α,β-unsaturated/α-hetero) is 1. The molecule has 4 nitrogen and oxygen atoms in total. The van der Waals surface area contributed by atoms with Crippen LogP contribution in [0.25, 0.3) is 0 Å². The van der Waals surface area contributed by atoms with E-state index in [0.29, 0.717) is 18.9 Å². The molecule has 0 fully saturated rings. The van der Waals surface area contributed by atoms with Gasteiger partial charge in [0.2, 0.25) is 5.91 Å². The molecule has 0 atom stereocenters. The molecule has 2 N–H and O–H groups in total. The lowest BCUT2D eigenvalue weighted by molar-refractivity contribution is -0.121. The Hall–Kier alpha value is -1.16. The van der Waals surface area contributed by atoms with Crippen molar-refractivity contribution in [1.29, 1.82) is 0 Å². The molecule has 128 valence electrons. The Labute approximate surface area is 136 Å². The quantitative estimate of drug-likeness (QED) is 0.405. The van der Waals surface area contributed by atoms with Gasteiger partial charge in [0.25, 0.3) is 0 Å². The summed E-state index contributed by atoms with van der Waals surface area (Å²) in [6.07, 6.45) is 8.95. The summed E-state index contributed by atoms with van der Waals surface area (Å²) in [7, 11) is 0. The largest absolute Gasteiger partial charge is 0.356 e. The van der Waals surface area contributed by atoms with Gasteiger partial charge in [-0.15, -0.1) is 0 Å². The molecule has 0 saturated carbocycles. The average Bonchev–Trinajstić information content (AvgIpc) is 2.45. The van der Waals surface area contributed by atoms with Crippen molar-refractivity contribution in [2.75, 3.05) is 13.1 Å². The second kappa shape index (κ2) is 13.5. The summed E-state index contributed by atoms with van der Waals surface area (Å²) in [6.45, 7) is 9.91. The van der Waals surface area contributed by atoms with E-state index in [1.54, 1.807) is 12.2 Å². The number of carbonyl (C=O) groups is 2. The van der Waals surface area contributed by atoms with Crippen LogP contribution in [0.1, 0.15) is 66.2 Å². The van der Waals surface area contributed by atoms with Crippen LogP contribution in [-0.2, 0) is 9.59 Å². The number of hydrogen-bond acceptors (Lipinski definition) is 3. The molecule has 0 aliphatic rings. The summed E-state index contributed by atoms with van der Waals surface area (Å²) >= 11 is 0. The molecular weight excluding hydrogens is 276 g/mol. The van der Waals surface area contributed by atoms with E-state index in [4.69, 9.17) is 0 Å². The molecule has 0 aromatic heterocycles. The lowest BCUT2D eigenvalue weighted by Crippen LogP contribution is -2.24. The van der Waals surface area contributed by atoms with E-state index in [0.717, 1.165) is 25.9 Å². The zero-order chi connectivity index (χ0) is 16.8. The fraction of sp³-hybridized carbons (Fsp3) is 0.778. The zero-order valence-corrected chi connectivity index (χ0v) is 14.8. The molecule has 0 heterocycles. The van der Waals surface area contributed by atoms with Crippen LogP contribution < -0.4 is 10.6 Å². The van der Waals surface area contributed by atoms with Crippen LogP contribution in [0.2, 0.25) is 0 Å². The summed E-state index contributed by atoms with van der Waals surface area (Å²) in [6, 6.07) is 0.558. The van der Waals surface area contributed by atoms with Gasteiger partial charge < -0.3 is 10.6 Å². The van der Waals surface area contributed by atoms with Gasteiger partial charge in [0.15, 0.2) is 0 Å². The van der Waals surface area contributed by atoms with Crippen molar-refractivity contribution in [3.8, 4) is 0 Å². The number of hydrogen-bond donors (Lipinski definition) is 2. The highest BCUT2D eigenvalue weighted by molar-refractivity contribution is 5.82. The Balaban J connectivity index is 3.43. The van der Waals surface area contributed by atoms with Gasteiger partial charge in [0, 0.05) is 31.3 Å². The highest BCUT2D eigenvalue weighted by Gasteiger charge is 2.04. The summed E-state index contributed by atoms with van der Waals surface area (Å²) in [4.78, 5) is 23.0. The Morgan fingerprint density at radius 3 is 2.05 bits per heavy atom. The molecule has 0 radical (unpaired) electrons. The maximum Gasteiger partial charge on any atom is 0.223 e. The molecule has 0 aliphatic carbocycles. The van der Waals surface area contributed by atoms with E-state index in [9.17, 15) is 9.59 Å². The standard InChI is InChI=1S/C18H34N2O2/c1-15(2)17(21)11-7-8-12-18(22)20-14-10-6-5-9-13-19-16(3)4/h7-8,15-16,19H,5-6,9-14H2,1-4H3,(H,20,22)/b8-7+. The van der Waals surface area contributed by atoms with Gasteiger partial charge in [-0.1, -0.05) is 52.7 Å². The van der Waals surface area contributed by atoms with Crippen molar-refractivity contribution in [2.45, 2.75) is 72.3 Å². The molecule has 4 heteroatoms. The third kappa shape index (κ3) is 13.8. The topological polar surface area (TPSA) is 58.2 Å². The van der Waals surface area contributed by atoms with Gasteiger partial charge in [-0.2, -0.15) is 0 Å². The molecule has 0 spiro atoms. The number of ketones is 1. The minimum absolute atomic E-state index is 0.0368. The van der Waals surface area contributed by atoms with Crippen molar-refractivity contribution in [3.63, 3.8) is 0 Å². The summed E-state index contributed by atoms with van der Waals surface area (Å²) in [5, 5.41) is 6.31. The van der Waals surface area contributed by atoms with Crippen molar-refractivity contribution >= 4 is 11.7 Å². The van der Waals surface area contributed by atoms with Crippen LogP contribution >= 0.6 is 0 Å². The number of unbranched alkanes of at least 4 members (excludes halogenated alkanes) is 3. The molecule has 0 rings (SSSR count). The minimum atomic E-state index is 0.0368. The zero-order valence-electron chi connectivity index (χ0n) is 14.8. The fourth-order valence-electron chi connectivity index (χ4n) is 1.92. The average molecular weight is 310 g/mol. The predicted octanol–water partition coefficient (Wildman–Crippen LogP) is 3.22. The summed E-state index contributed by atoms with van der Waals surface area (Å²) in [5.74, 6) is 0.313. The molecule has 22 heavy (non-hydrogen) atoms. The van der Waals surface area contributed by atoms with E-state index in [2.05, 4.69) is 24.5 Å². The molecule has 0 aromatic rings. The third-order valence-corrected chi connectivity index (χ3v) is 3.41. The third-order valence-electron chi connectivity index (χ3n) is 3.41. The first kappa shape index (κ1) is 20.8. The van der Waals surface area contributed by atoms with Gasteiger partial charge >= 0.3 is 0 Å². The second-order valence-corrected chi connectivity index (χ2v) is 6.37. The van der Waals surface area contributed by atoms with E-state index in [1.807, 2.05) is 13.8 Å². The molecule has 1 amide bonds. The van der Waals surface area contributed by atoms with E-state index in [1.165, 1.54) is 12.8 Å². The lowest BCUT2D eigenvalue weighted by Gasteiger charge is -2.07. The first-order valence-electron chi connectivity index (χ1n) is 8.61. The molecule has 0 unspecified atom stereocenters. The van der Waals surface area contributed by atoms with E-state index in [-0.39, 0.29) is 17.6 Å². The van der Waals surface area contributed by atoms with Gasteiger partial charge in [0.1, 0.15) is 5.78 Å². The summed E-state index contributed by atoms with van der Waals surface area (Å²) in [5.41, 5.74) is 0. The van der Waals surface area contributed by atoms with Crippen molar-refractivity contribution in [3.05, 3.63) is 12.2 Å². The van der Waals surface area contributed by atoms with Gasteiger partial charge in [-0.3, -0.25) is 9.59 Å². The summed E-state index contributed by atoms with van der Waals surface area (Å²) < 4.78 is 0. The van der Waals surface area contributed by atoms with Gasteiger partial charge in [-0.25, -0.2) is 0 Å². The van der Waals surface area contributed by atoms with Crippen LogP contribution in [-0.4, -0.2) is 30.8 Å². The Morgan fingerprint density at radius 1 is 0.864 bits per heavy atom. The minimum Gasteiger partial charge on any atom is -0.356 e. The van der Waals surface area contributed by atoms with Crippen LogP contribution in [0.15, 0.2) is 12.2 Å². The van der Waals surface area contributed by atoms with Crippen LogP contribution in [0.3, 0.4) is 0 Å². The van der Waals surface area contributed by atoms with Crippen LogP contribution in [0.5, 0.6) is 0 Å². The number of nitrogens with one attached hydrogen (secondary N) is 2. The Morgan fingerprint density at radius 2 is 1.45 bits per heavy atom. The normalized spacial score (nSPS) is 11.5. The van der Waals surface area contributed by atoms with Crippen LogP contribution in [0, 0.1) is 5.92 Å². The maximum absolute atomic E-state index is 11.6. The number of amides is 1. The molecule has 0 aliphatic heterocycles. The molecule has 0 bridgehead atoms. The number of carbonyl (C=O) groups excluding carboxylic acids is 2. The molecule has 0 saturated heterocycles. The van der Waals surface area contributed by atoms with Crippen molar-refractivity contribution in [1.82, 2.24) is 10.6 Å². The lowest BCUT2D eigenvalue weighted by atomic mass is 10.1. The Bertz CT molecular complexity index is 336. The highest BCUT2D eigenvalue weighted by Crippen LogP contribution is 2.00. The van der Waals surface area contributed by atoms with Crippen LogP contribution in [0.4, 0.5) is 0 Å². The number of allylic oxidation sites excluding steroid dienone is 1. The van der Waals surface area contributed by atoms with E-state index < -0.39 is 0 Å². The fourth-order valence-corrected chi connectivity index (χ4v) is 1.92. The molecular formula is C18H34N2O2. The highest BCUT2D eigenvalue weighted by atomic mass is 16.1. The SMILES string of the molecule is CC(C)NCCCCCCNC(=O)C/C=C/CC(=O)C(C)C. The first-order chi connectivity index (χ1) is 10.4. The van der Waals surface area contributed by atoms with Gasteiger partial charge in [0.05, 0.1) is 0 Å². The number of rotatable bonds is 13. The predicted molar refractivity (Wildman–Crippen MR) is 92.8 cm³/mol. The molecule has 0 aromatic carbocycles. The van der Waals surface area contributed by atoms with Crippen molar-refractivity contribution < 1.29 is 9.59 Å². The van der Waals surface area contributed by atoms with Gasteiger partial charge in [-0.05, 0) is 19.4 Å². The Kier molecular flexibility index (Phi) is 12.8. The van der Waals surface area contributed by atoms with Crippen molar-refractivity contribution in [2.24, 2.45) is 5.92 Å². The van der Waals surface area contributed by atoms with E-state index >= 15 is 0 Å². The smallest absolute Gasteiger partial charge is 0.223 e. The monoisotopic (exact) mass is 310 g/mol.